The zero-order valence-electron chi connectivity index (χ0n) is 14.1. The van der Waals surface area contributed by atoms with Gasteiger partial charge in [0.2, 0.25) is 10.0 Å². The number of benzene rings is 1. The molecule has 0 aromatic heterocycles. The van der Waals surface area contributed by atoms with Crippen molar-refractivity contribution in [3.63, 3.8) is 0 Å². The van der Waals surface area contributed by atoms with Gasteiger partial charge in [-0.05, 0) is 29.4 Å². The molecular weight excluding hydrogens is 296 g/mol. The number of nitrogens with zero attached hydrogens (tertiary/aromatic N) is 1. The quantitative estimate of drug-likeness (QED) is 0.926. The molecule has 0 amide bonds. The van der Waals surface area contributed by atoms with E-state index in [1.807, 2.05) is 0 Å². The fourth-order valence-corrected chi connectivity index (χ4v) is 3.72. The van der Waals surface area contributed by atoms with Crippen LogP contribution in [-0.2, 0) is 22.0 Å². The smallest absolute Gasteiger partial charge is 0.208 e. The van der Waals surface area contributed by atoms with Gasteiger partial charge in [0.1, 0.15) is 0 Å². The van der Waals surface area contributed by atoms with Crippen LogP contribution in [0.1, 0.15) is 44.7 Å². The number of sulfonamides is 1. The summed E-state index contributed by atoms with van der Waals surface area (Å²) in [6, 6.07) is 8.94. The molecule has 22 heavy (non-hydrogen) atoms. The highest BCUT2D eigenvalue weighted by atomic mass is 32.2. The summed E-state index contributed by atoms with van der Waals surface area (Å²) in [7, 11) is -3.09. The number of piperidine rings is 1. The van der Waals surface area contributed by atoms with Crippen LogP contribution in [0.15, 0.2) is 24.3 Å². The van der Waals surface area contributed by atoms with Gasteiger partial charge < -0.3 is 0 Å². The molecule has 0 radical (unpaired) electrons. The van der Waals surface area contributed by atoms with Gasteiger partial charge in [-0.2, -0.15) is 0 Å². The first kappa shape index (κ1) is 17.4. The zero-order chi connectivity index (χ0) is 16.4. The molecule has 1 aromatic carbocycles. The first-order valence-corrected chi connectivity index (χ1v) is 9.82. The molecule has 5 heteroatoms. The zero-order valence-corrected chi connectivity index (χ0v) is 14.9. The van der Waals surface area contributed by atoms with Crippen molar-refractivity contribution >= 4 is 10.0 Å². The summed E-state index contributed by atoms with van der Waals surface area (Å²) in [5.41, 5.74) is 2.86. The van der Waals surface area contributed by atoms with Gasteiger partial charge in [0, 0.05) is 25.7 Å². The Hall–Kier alpha value is -0.910. The van der Waals surface area contributed by atoms with Crippen LogP contribution < -0.4 is 4.72 Å². The highest BCUT2D eigenvalue weighted by Crippen LogP contribution is 2.23. The Morgan fingerprint density at radius 3 is 2.14 bits per heavy atom. The highest BCUT2D eigenvalue weighted by Gasteiger charge is 2.21. The minimum absolute atomic E-state index is 0.0921. The van der Waals surface area contributed by atoms with Crippen LogP contribution in [0.4, 0.5) is 0 Å². The summed E-state index contributed by atoms with van der Waals surface area (Å²) in [4.78, 5) is 2.40. The average molecular weight is 324 g/mol. The number of likely N-dealkylation sites (tertiary alicyclic amines) is 1. The summed E-state index contributed by atoms with van der Waals surface area (Å²) in [6.07, 6.45) is 3.00. The molecule has 1 aliphatic rings. The van der Waals surface area contributed by atoms with Crippen LogP contribution in [0.3, 0.4) is 0 Å². The van der Waals surface area contributed by atoms with E-state index in [1.165, 1.54) is 17.4 Å². The summed E-state index contributed by atoms with van der Waals surface area (Å²) in [5.74, 6) is 0. The van der Waals surface area contributed by atoms with E-state index >= 15 is 0 Å². The Bertz CT molecular complexity index is 580. The standard InChI is InChI=1S/C17H28N2O2S/c1-17(2,3)15-7-5-14(6-8-15)13-19-11-9-16(10-12-19)18-22(4,20)21/h5-8,16,18H,9-13H2,1-4H3. The first-order chi connectivity index (χ1) is 10.1. The summed E-state index contributed by atoms with van der Waals surface area (Å²) in [5, 5.41) is 0. The minimum Gasteiger partial charge on any atom is -0.299 e. The molecule has 0 saturated carbocycles. The summed E-state index contributed by atoms with van der Waals surface area (Å²) < 4.78 is 25.2. The van der Waals surface area contributed by atoms with Crippen molar-refractivity contribution in [1.82, 2.24) is 9.62 Å². The minimum atomic E-state index is -3.09. The molecule has 124 valence electrons. The van der Waals surface area contributed by atoms with Crippen molar-refractivity contribution in [3.8, 4) is 0 Å². The van der Waals surface area contributed by atoms with Gasteiger partial charge in [-0.1, -0.05) is 45.0 Å². The maximum Gasteiger partial charge on any atom is 0.208 e. The molecule has 0 bridgehead atoms. The highest BCUT2D eigenvalue weighted by molar-refractivity contribution is 7.88. The molecule has 0 atom stereocenters. The molecular formula is C17H28N2O2S. The average Bonchev–Trinajstić information content (AvgIpc) is 2.39. The van der Waals surface area contributed by atoms with Crippen LogP contribution in [0.2, 0.25) is 0 Å². The third-order valence-corrected chi connectivity index (χ3v) is 4.96. The maximum atomic E-state index is 11.3. The summed E-state index contributed by atoms with van der Waals surface area (Å²) >= 11 is 0. The Morgan fingerprint density at radius 2 is 1.68 bits per heavy atom. The molecule has 1 N–H and O–H groups in total. The fourth-order valence-electron chi connectivity index (χ4n) is 2.88. The second-order valence-corrected chi connectivity index (χ2v) is 9.17. The van der Waals surface area contributed by atoms with Gasteiger partial charge in [-0.25, -0.2) is 13.1 Å². The largest absolute Gasteiger partial charge is 0.299 e. The first-order valence-electron chi connectivity index (χ1n) is 7.92. The Morgan fingerprint density at radius 1 is 1.14 bits per heavy atom. The van der Waals surface area contributed by atoms with Gasteiger partial charge in [0.25, 0.3) is 0 Å². The molecule has 1 saturated heterocycles. The molecule has 4 nitrogen and oxygen atoms in total. The molecule has 1 fully saturated rings. The van der Waals surface area contributed by atoms with Crippen molar-refractivity contribution in [2.75, 3.05) is 19.3 Å². The number of hydrogen-bond acceptors (Lipinski definition) is 3. The Labute approximate surface area is 135 Å². The van der Waals surface area contributed by atoms with E-state index in [-0.39, 0.29) is 11.5 Å². The third-order valence-electron chi connectivity index (χ3n) is 4.19. The van der Waals surface area contributed by atoms with Crippen molar-refractivity contribution < 1.29 is 8.42 Å². The lowest BCUT2D eigenvalue weighted by Crippen LogP contribution is -2.43. The number of rotatable bonds is 4. The monoisotopic (exact) mass is 324 g/mol. The molecule has 2 rings (SSSR count). The van der Waals surface area contributed by atoms with Crippen LogP contribution >= 0.6 is 0 Å². The van der Waals surface area contributed by atoms with Gasteiger partial charge in [-0.15, -0.1) is 0 Å². The SMILES string of the molecule is CC(C)(C)c1ccc(CN2CCC(NS(C)(=O)=O)CC2)cc1. The van der Waals surface area contributed by atoms with Crippen molar-refractivity contribution in [2.45, 2.75) is 51.6 Å². The molecule has 0 unspecified atom stereocenters. The lowest BCUT2D eigenvalue weighted by molar-refractivity contribution is 0.200. The maximum absolute atomic E-state index is 11.3. The number of hydrogen-bond donors (Lipinski definition) is 1. The summed E-state index contributed by atoms with van der Waals surface area (Å²) in [6.45, 7) is 9.49. The van der Waals surface area contributed by atoms with E-state index in [2.05, 4.69) is 54.7 Å². The molecule has 1 aliphatic heterocycles. The second kappa shape index (κ2) is 6.69. The van der Waals surface area contributed by atoms with Gasteiger partial charge in [0.15, 0.2) is 0 Å². The van der Waals surface area contributed by atoms with Crippen molar-refractivity contribution in [3.05, 3.63) is 35.4 Å². The van der Waals surface area contributed by atoms with Gasteiger partial charge >= 0.3 is 0 Å². The van der Waals surface area contributed by atoms with Crippen LogP contribution in [0.5, 0.6) is 0 Å². The molecule has 0 spiro atoms. The molecule has 0 aliphatic carbocycles. The van der Waals surface area contributed by atoms with Crippen LogP contribution in [0, 0.1) is 0 Å². The Kier molecular flexibility index (Phi) is 5.30. The van der Waals surface area contributed by atoms with E-state index in [9.17, 15) is 8.42 Å². The molecule has 1 aromatic rings. The Balaban J connectivity index is 1.86. The normalized spacial score (nSPS) is 18.5. The predicted molar refractivity (Wildman–Crippen MR) is 91.4 cm³/mol. The van der Waals surface area contributed by atoms with E-state index in [4.69, 9.17) is 0 Å². The van der Waals surface area contributed by atoms with E-state index in [1.54, 1.807) is 0 Å². The molecule has 1 heterocycles. The lowest BCUT2D eigenvalue weighted by atomic mass is 9.86. The predicted octanol–water partition coefficient (Wildman–Crippen LogP) is 2.50. The van der Waals surface area contributed by atoms with E-state index < -0.39 is 10.0 Å². The topological polar surface area (TPSA) is 49.4 Å². The van der Waals surface area contributed by atoms with Crippen LogP contribution in [0.25, 0.3) is 0 Å². The van der Waals surface area contributed by atoms with Gasteiger partial charge in [0.05, 0.1) is 6.26 Å². The van der Waals surface area contributed by atoms with Crippen molar-refractivity contribution in [1.29, 1.82) is 0 Å². The second-order valence-electron chi connectivity index (χ2n) is 7.39. The van der Waals surface area contributed by atoms with Crippen LogP contribution in [-0.4, -0.2) is 38.7 Å². The fraction of sp³-hybridized carbons (Fsp3) is 0.647. The van der Waals surface area contributed by atoms with E-state index in [0.29, 0.717) is 0 Å². The van der Waals surface area contributed by atoms with Crippen molar-refractivity contribution in [2.24, 2.45) is 0 Å². The van der Waals surface area contributed by atoms with E-state index in [0.717, 1.165) is 32.5 Å². The number of nitrogens with one attached hydrogen (secondary N) is 1. The van der Waals surface area contributed by atoms with Gasteiger partial charge in [-0.3, -0.25) is 4.90 Å². The lowest BCUT2D eigenvalue weighted by Gasteiger charge is -2.32. The third kappa shape index (κ3) is 5.38.